The Morgan fingerprint density at radius 3 is 2.09 bits per heavy atom. The highest BCUT2D eigenvalue weighted by Crippen LogP contribution is 2.24. The molecule has 1 N–H and O–H groups in total. The van der Waals surface area contributed by atoms with E-state index in [2.05, 4.69) is 5.43 Å². The van der Waals surface area contributed by atoms with Gasteiger partial charge in [0.25, 0.3) is 5.91 Å². The van der Waals surface area contributed by atoms with E-state index < -0.39 is 26.2 Å². The van der Waals surface area contributed by atoms with Crippen LogP contribution in [0, 0.1) is 0 Å². The molecule has 0 aliphatic carbocycles. The van der Waals surface area contributed by atoms with E-state index in [1.807, 2.05) is 56.9 Å². The zero-order valence-electron chi connectivity index (χ0n) is 19.8. The minimum atomic E-state index is -2.35. The van der Waals surface area contributed by atoms with Gasteiger partial charge in [0.15, 0.2) is 0 Å². The maximum Gasteiger partial charge on any atom is 0.436 e. The molecular formula is C22H33N3O6Si. The van der Waals surface area contributed by atoms with Crippen molar-refractivity contribution in [3.63, 3.8) is 0 Å². The van der Waals surface area contributed by atoms with E-state index in [1.165, 1.54) is 0 Å². The molecule has 0 bridgehead atoms. The van der Waals surface area contributed by atoms with Gasteiger partial charge in [-0.05, 0) is 26.3 Å². The first-order valence-electron chi connectivity index (χ1n) is 10.4. The summed E-state index contributed by atoms with van der Waals surface area (Å²) >= 11 is 0. The highest BCUT2D eigenvalue weighted by Gasteiger charge is 2.33. The average Bonchev–Trinajstić information content (AvgIpc) is 2.74. The quantitative estimate of drug-likeness (QED) is 0.376. The molecule has 1 atom stereocenters. The Kier molecular flexibility index (Phi) is 10.1. The number of imide groups is 1. The molecule has 0 heterocycles. The summed E-state index contributed by atoms with van der Waals surface area (Å²) in [6, 6.07) is 9.27. The fourth-order valence-corrected chi connectivity index (χ4v) is 4.12. The van der Waals surface area contributed by atoms with Crippen molar-refractivity contribution < 1.29 is 28.7 Å². The van der Waals surface area contributed by atoms with Crippen LogP contribution in [0.25, 0.3) is 0 Å². The van der Waals surface area contributed by atoms with E-state index >= 15 is 0 Å². The van der Waals surface area contributed by atoms with Crippen LogP contribution in [-0.4, -0.2) is 62.2 Å². The molecule has 0 fully saturated rings. The van der Waals surface area contributed by atoms with Crippen molar-refractivity contribution in [1.29, 1.82) is 0 Å². The van der Waals surface area contributed by atoms with Gasteiger partial charge >= 0.3 is 12.2 Å². The average molecular weight is 464 g/mol. The monoisotopic (exact) mass is 463 g/mol. The Balaban J connectivity index is 3.28. The van der Waals surface area contributed by atoms with Crippen molar-refractivity contribution in [2.24, 2.45) is 0 Å². The third-order valence-electron chi connectivity index (χ3n) is 4.64. The number of amides is 4. The van der Waals surface area contributed by atoms with Crippen molar-refractivity contribution in [2.45, 2.75) is 46.5 Å². The minimum absolute atomic E-state index is 0.00598. The lowest BCUT2D eigenvalue weighted by Gasteiger charge is -2.30. The van der Waals surface area contributed by atoms with Gasteiger partial charge in [-0.25, -0.2) is 15.0 Å². The number of likely N-dealkylation sites (N-methyl/N-ethyl adjacent to an activating group) is 1. The molecule has 0 aliphatic rings. The molecule has 0 aliphatic heterocycles. The summed E-state index contributed by atoms with van der Waals surface area (Å²) in [6.45, 7) is 10.8. The van der Waals surface area contributed by atoms with Crippen LogP contribution in [0.15, 0.2) is 41.6 Å². The molecule has 0 radical (unpaired) electrons. The fraction of sp³-hybridized carbons (Fsp3) is 0.455. The third kappa shape index (κ3) is 7.52. The Bertz CT molecular complexity index is 851. The zero-order chi connectivity index (χ0) is 24.5. The number of hydrogen-bond acceptors (Lipinski definition) is 6. The molecule has 9 nitrogen and oxygen atoms in total. The van der Waals surface area contributed by atoms with Gasteiger partial charge in [0.05, 0.1) is 27.3 Å². The van der Waals surface area contributed by atoms with Crippen LogP contribution in [-0.2, 0) is 19.1 Å². The van der Waals surface area contributed by atoms with Crippen molar-refractivity contribution in [3.05, 3.63) is 47.2 Å². The minimum Gasteiger partial charge on any atom is -0.449 e. The van der Waals surface area contributed by atoms with Crippen molar-refractivity contribution in [3.8, 4) is 0 Å². The lowest BCUT2D eigenvalue weighted by molar-refractivity contribution is -0.129. The van der Waals surface area contributed by atoms with Gasteiger partial charge < -0.3 is 14.4 Å². The first kappa shape index (κ1) is 26.9. The molecule has 176 valence electrons. The molecule has 0 saturated heterocycles. The maximum absolute atomic E-state index is 13.4. The van der Waals surface area contributed by atoms with Gasteiger partial charge in [0, 0.05) is 18.3 Å². The van der Waals surface area contributed by atoms with Crippen LogP contribution >= 0.6 is 0 Å². The molecule has 32 heavy (non-hydrogen) atoms. The highest BCUT2D eigenvalue weighted by molar-refractivity contribution is 6.87. The van der Waals surface area contributed by atoms with Gasteiger partial charge in [0.2, 0.25) is 5.91 Å². The second-order valence-electron chi connectivity index (χ2n) is 8.02. The lowest BCUT2D eigenvalue weighted by atomic mass is 10.1. The number of nitrogens with one attached hydrogen (secondary N) is 1. The van der Waals surface area contributed by atoms with Crippen molar-refractivity contribution in [2.75, 3.05) is 20.3 Å². The number of carbonyl (C=O) groups is 4. The third-order valence-corrected chi connectivity index (χ3v) is 6.61. The normalized spacial score (nSPS) is 12.4. The predicted molar refractivity (Wildman–Crippen MR) is 123 cm³/mol. The number of carbonyl (C=O) groups excluding carboxylic acids is 4. The number of rotatable bonds is 7. The van der Waals surface area contributed by atoms with Crippen LogP contribution in [0.4, 0.5) is 9.59 Å². The standard InChI is InChI=1S/C22H33N3O6Si/c1-8-30-21(28)23-25(22(29)31-9-2)19(26)15-18(32(5,6)7)20(27)24(4)16(3)17-13-11-10-12-14-17/h10-16H,8-9H2,1-7H3,(H,23,28)/b18-15+. The Morgan fingerprint density at radius 2 is 1.59 bits per heavy atom. The first-order valence-corrected chi connectivity index (χ1v) is 13.9. The first-order chi connectivity index (χ1) is 14.9. The highest BCUT2D eigenvalue weighted by atomic mass is 28.3. The molecule has 1 aromatic rings. The van der Waals surface area contributed by atoms with E-state index in [-0.39, 0.29) is 25.2 Å². The summed E-state index contributed by atoms with van der Waals surface area (Å²) < 4.78 is 9.61. The van der Waals surface area contributed by atoms with Crippen molar-refractivity contribution in [1.82, 2.24) is 15.3 Å². The Morgan fingerprint density at radius 1 is 1.03 bits per heavy atom. The second kappa shape index (κ2) is 12.0. The topological polar surface area (TPSA) is 105 Å². The molecule has 4 amide bonds. The van der Waals surface area contributed by atoms with Crippen LogP contribution < -0.4 is 5.43 Å². The van der Waals surface area contributed by atoms with Gasteiger partial charge in [-0.15, -0.1) is 5.01 Å². The second-order valence-corrected chi connectivity index (χ2v) is 13.1. The summed E-state index contributed by atoms with van der Waals surface area (Å²) in [6.07, 6.45) is -0.959. The number of hydrazine groups is 1. The van der Waals surface area contributed by atoms with E-state index in [1.54, 1.807) is 25.8 Å². The largest absolute Gasteiger partial charge is 0.449 e. The molecular weight excluding hydrogens is 430 g/mol. The summed E-state index contributed by atoms with van der Waals surface area (Å²) in [5.41, 5.74) is 3.02. The maximum atomic E-state index is 13.4. The smallest absolute Gasteiger partial charge is 0.436 e. The van der Waals surface area contributed by atoms with E-state index in [0.717, 1.165) is 11.6 Å². The Hall–Kier alpha value is -3.14. The number of hydrogen-bond donors (Lipinski definition) is 1. The molecule has 1 unspecified atom stereocenters. The van der Waals surface area contributed by atoms with Crippen LogP contribution in [0.2, 0.25) is 19.6 Å². The molecule has 1 rings (SSSR count). The van der Waals surface area contributed by atoms with Crippen LogP contribution in [0.3, 0.4) is 0 Å². The summed E-state index contributed by atoms with van der Waals surface area (Å²) in [5, 5.41) is 0.711. The van der Waals surface area contributed by atoms with E-state index in [0.29, 0.717) is 10.2 Å². The summed E-state index contributed by atoms with van der Waals surface area (Å²) in [4.78, 5) is 52.0. The van der Waals surface area contributed by atoms with Gasteiger partial charge in [0.1, 0.15) is 0 Å². The molecule has 0 aromatic heterocycles. The van der Waals surface area contributed by atoms with Gasteiger partial charge in [-0.3, -0.25) is 9.59 Å². The predicted octanol–water partition coefficient (Wildman–Crippen LogP) is 3.66. The SMILES string of the molecule is CCOC(=O)NN(C(=O)/C=C(\C(=O)N(C)C(C)c1ccccc1)[Si](C)(C)C)C(=O)OCC. The molecule has 1 aromatic carbocycles. The van der Waals surface area contributed by atoms with Gasteiger partial charge in [-0.2, -0.15) is 0 Å². The summed E-state index contributed by atoms with van der Waals surface area (Å²) in [7, 11) is -0.685. The number of benzene rings is 1. The molecule has 0 saturated carbocycles. The fourth-order valence-electron chi connectivity index (χ4n) is 2.74. The molecule has 0 spiro atoms. The van der Waals surface area contributed by atoms with Crippen LogP contribution in [0.1, 0.15) is 32.4 Å². The Labute approximate surface area is 190 Å². The summed E-state index contributed by atoms with van der Waals surface area (Å²) in [5.74, 6) is -1.23. The number of nitrogens with zero attached hydrogens (tertiary/aromatic N) is 2. The van der Waals surface area contributed by atoms with E-state index in [9.17, 15) is 19.2 Å². The zero-order valence-corrected chi connectivity index (χ0v) is 20.8. The van der Waals surface area contributed by atoms with Crippen molar-refractivity contribution >= 4 is 32.1 Å². The number of ether oxygens (including phenoxy) is 2. The lowest BCUT2D eigenvalue weighted by Crippen LogP contribution is -2.50. The van der Waals surface area contributed by atoms with E-state index in [4.69, 9.17) is 9.47 Å². The van der Waals surface area contributed by atoms with Crippen LogP contribution in [0.5, 0.6) is 0 Å². The van der Waals surface area contributed by atoms with Gasteiger partial charge in [-0.1, -0.05) is 50.0 Å². The molecule has 10 heteroatoms.